The Bertz CT molecular complexity index is 1120. The Balaban J connectivity index is 1.76. The molecule has 1 fully saturated rings. The van der Waals surface area contributed by atoms with Gasteiger partial charge in [0.15, 0.2) is 5.82 Å². The fourth-order valence-corrected chi connectivity index (χ4v) is 4.42. The lowest BCUT2D eigenvalue weighted by Gasteiger charge is -2.16. The van der Waals surface area contributed by atoms with Crippen LogP contribution < -0.4 is 10.1 Å². The van der Waals surface area contributed by atoms with E-state index in [1.807, 2.05) is 26.8 Å². The van der Waals surface area contributed by atoms with Gasteiger partial charge in [0, 0.05) is 31.0 Å². The van der Waals surface area contributed by atoms with Gasteiger partial charge in [-0.2, -0.15) is 0 Å². The van der Waals surface area contributed by atoms with E-state index >= 15 is 0 Å². The zero-order chi connectivity index (χ0) is 24.2. The van der Waals surface area contributed by atoms with Gasteiger partial charge in [-0.25, -0.2) is 9.97 Å². The van der Waals surface area contributed by atoms with Gasteiger partial charge < -0.3 is 24.4 Å². The summed E-state index contributed by atoms with van der Waals surface area (Å²) in [5, 5.41) is 17.6. The Kier molecular flexibility index (Phi) is 7.83. The van der Waals surface area contributed by atoms with Gasteiger partial charge >= 0.3 is 0 Å². The van der Waals surface area contributed by atoms with Crippen LogP contribution in [0, 0.1) is 26.7 Å². The lowest BCUT2D eigenvalue weighted by atomic mass is 9.96. The maximum absolute atomic E-state index is 9.98. The highest BCUT2D eigenvalue weighted by molar-refractivity contribution is 6.33. The Morgan fingerprint density at radius 3 is 2.76 bits per heavy atom. The van der Waals surface area contributed by atoms with E-state index in [1.54, 1.807) is 19.2 Å². The van der Waals surface area contributed by atoms with Crippen molar-refractivity contribution in [2.24, 2.45) is 5.92 Å². The maximum Gasteiger partial charge on any atom is 0.161 e. The van der Waals surface area contributed by atoms with Crippen LogP contribution in [0.25, 0.3) is 22.6 Å². The first-order valence-corrected chi connectivity index (χ1v) is 11.9. The van der Waals surface area contributed by atoms with Gasteiger partial charge in [0.25, 0.3) is 0 Å². The molecular formula is C25H31ClN4O4. The third kappa shape index (κ3) is 5.41. The predicted molar refractivity (Wildman–Crippen MR) is 130 cm³/mol. The molecule has 1 aromatic carbocycles. The molecule has 4 rings (SSSR count). The van der Waals surface area contributed by atoms with Crippen molar-refractivity contribution in [3.63, 3.8) is 0 Å². The number of nitrogens with zero attached hydrogens (tertiary/aromatic N) is 3. The van der Waals surface area contributed by atoms with Crippen LogP contribution in [0.3, 0.4) is 0 Å². The summed E-state index contributed by atoms with van der Waals surface area (Å²) in [6.45, 7) is 7.96. The van der Waals surface area contributed by atoms with Crippen molar-refractivity contribution < 1.29 is 19.1 Å². The average molecular weight is 487 g/mol. The predicted octanol–water partition coefficient (Wildman–Crippen LogP) is 3.92. The summed E-state index contributed by atoms with van der Waals surface area (Å²) in [6.07, 6.45) is 1.19. The highest BCUT2D eigenvalue weighted by Gasteiger charge is 2.24. The van der Waals surface area contributed by atoms with E-state index in [0.717, 1.165) is 54.3 Å². The quantitative estimate of drug-likeness (QED) is 0.469. The van der Waals surface area contributed by atoms with Crippen LogP contribution in [0.2, 0.25) is 5.02 Å². The van der Waals surface area contributed by atoms with Crippen molar-refractivity contribution in [2.75, 3.05) is 33.4 Å². The fourth-order valence-electron chi connectivity index (χ4n) is 4.22. The number of likely N-dealkylation sites (N-methyl/N-ethyl adjacent to an activating group) is 1. The summed E-state index contributed by atoms with van der Waals surface area (Å²) in [4.78, 5) is 9.87. The second-order valence-electron chi connectivity index (χ2n) is 8.76. The van der Waals surface area contributed by atoms with E-state index in [-0.39, 0.29) is 6.61 Å². The number of aromatic nitrogens is 3. The van der Waals surface area contributed by atoms with Crippen molar-refractivity contribution >= 4 is 11.6 Å². The number of hydrogen-bond donors (Lipinski definition) is 2. The zero-order valence-corrected chi connectivity index (χ0v) is 20.8. The van der Waals surface area contributed by atoms with E-state index in [4.69, 9.17) is 35.6 Å². The molecule has 1 saturated heterocycles. The summed E-state index contributed by atoms with van der Waals surface area (Å²) in [7, 11) is 1.78. The number of rotatable bonds is 9. The molecule has 1 aliphatic heterocycles. The topological polar surface area (TPSA) is 103 Å². The molecule has 0 unspecified atom stereocenters. The number of benzene rings is 1. The average Bonchev–Trinajstić information content (AvgIpc) is 3.44. The first-order chi connectivity index (χ1) is 16.4. The standard InChI is InChI=1S/C25H31ClN4O4/c1-14-22(9-17-7-8-32-12-17)28-25(29-24(14)23-15(2)30-34-16(23)3)20-10-19(5-6-21(20)26)33-13-18(31)11-27-4/h5-6,10,17-18,27,31H,7-9,11-13H2,1-4H3/t17-,18-/m0/s1. The number of ether oxygens (including phenoxy) is 2. The van der Waals surface area contributed by atoms with E-state index in [2.05, 4.69) is 10.5 Å². The van der Waals surface area contributed by atoms with Crippen LogP contribution in [0.5, 0.6) is 5.75 Å². The van der Waals surface area contributed by atoms with Crippen LogP contribution in [0.1, 0.15) is 29.1 Å². The smallest absolute Gasteiger partial charge is 0.161 e. The fraction of sp³-hybridized carbons (Fsp3) is 0.480. The van der Waals surface area contributed by atoms with E-state index < -0.39 is 6.10 Å². The molecule has 2 N–H and O–H groups in total. The monoisotopic (exact) mass is 486 g/mol. The maximum atomic E-state index is 9.98. The SMILES string of the molecule is CNC[C@H](O)COc1ccc(Cl)c(-c2nc(C[C@@H]3CCOC3)c(C)c(-c3c(C)noc3C)n2)c1. The third-order valence-electron chi connectivity index (χ3n) is 6.08. The summed E-state index contributed by atoms with van der Waals surface area (Å²) < 4.78 is 16.8. The third-order valence-corrected chi connectivity index (χ3v) is 6.41. The molecule has 1 aliphatic rings. The number of halogens is 1. The van der Waals surface area contributed by atoms with Crippen molar-refractivity contribution in [3.8, 4) is 28.4 Å². The lowest BCUT2D eigenvalue weighted by Crippen LogP contribution is -2.29. The Morgan fingerprint density at radius 2 is 2.09 bits per heavy atom. The van der Waals surface area contributed by atoms with Gasteiger partial charge in [-0.1, -0.05) is 16.8 Å². The zero-order valence-electron chi connectivity index (χ0n) is 20.0. The molecule has 8 nitrogen and oxygen atoms in total. The van der Waals surface area contributed by atoms with E-state index in [1.165, 1.54) is 0 Å². The molecule has 0 saturated carbocycles. The van der Waals surface area contributed by atoms with E-state index in [0.29, 0.717) is 40.4 Å². The number of aliphatic hydroxyl groups is 1. The second kappa shape index (κ2) is 10.8. The molecule has 0 amide bonds. The second-order valence-corrected chi connectivity index (χ2v) is 9.17. The highest BCUT2D eigenvalue weighted by atomic mass is 35.5. The van der Waals surface area contributed by atoms with Crippen molar-refractivity contribution in [2.45, 2.75) is 39.7 Å². The Hall–Kier alpha value is -2.52. The van der Waals surface area contributed by atoms with Crippen molar-refractivity contribution in [1.29, 1.82) is 0 Å². The molecule has 3 heterocycles. The minimum atomic E-state index is -0.619. The minimum Gasteiger partial charge on any atom is -0.491 e. The van der Waals surface area contributed by atoms with Gasteiger partial charge in [-0.15, -0.1) is 0 Å². The summed E-state index contributed by atoms with van der Waals surface area (Å²) in [5.41, 5.74) is 5.08. The van der Waals surface area contributed by atoms with Gasteiger partial charge in [-0.3, -0.25) is 0 Å². The largest absolute Gasteiger partial charge is 0.491 e. The van der Waals surface area contributed by atoms with E-state index in [9.17, 15) is 5.11 Å². The molecule has 182 valence electrons. The number of nitrogens with one attached hydrogen (secondary N) is 1. The van der Waals surface area contributed by atoms with Crippen LogP contribution in [0.4, 0.5) is 0 Å². The molecule has 0 aliphatic carbocycles. The molecule has 3 aromatic rings. The number of hydrogen-bond acceptors (Lipinski definition) is 8. The molecule has 34 heavy (non-hydrogen) atoms. The Labute approximate surface area is 204 Å². The molecule has 0 spiro atoms. The molecular weight excluding hydrogens is 456 g/mol. The van der Waals surface area contributed by atoms with Gasteiger partial charge in [0.05, 0.1) is 22.0 Å². The normalized spacial score (nSPS) is 16.7. The first kappa shape index (κ1) is 24.6. The van der Waals surface area contributed by atoms with Gasteiger partial charge in [0.2, 0.25) is 0 Å². The molecule has 0 radical (unpaired) electrons. The van der Waals surface area contributed by atoms with Crippen LogP contribution in [-0.4, -0.2) is 59.7 Å². The van der Waals surface area contributed by atoms with Crippen molar-refractivity contribution in [1.82, 2.24) is 20.4 Å². The molecule has 0 bridgehead atoms. The van der Waals surface area contributed by atoms with Crippen molar-refractivity contribution in [3.05, 3.63) is 45.9 Å². The lowest BCUT2D eigenvalue weighted by molar-refractivity contribution is 0.108. The summed E-state index contributed by atoms with van der Waals surface area (Å²) in [6, 6.07) is 5.36. The molecule has 2 atom stereocenters. The van der Waals surface area contributed by atoms with Crippen LogP contribution in [0.15, 0.2) is 22.7 Å². The summed E-state index contributed by atoms with van der Waals surface area (Å²) in [5.74, 6) is 2.23. The highest BCUT2D eigenvalue weighted by Crippen LogP contribution is 2.35. The Morgan fingerprint density at radius 1 is 1.26 bits per heavy atom. The number of aliphatic hydroxyl groups excluding tert-OH is 1. The van der Waals surface area contributed by atoms with Gasteiger partial charge in [0.1, 0.15) is 24.2 Å². The minimum absolute atomic E-state index is 0.161. The number of aryl methyl sites for hydroxylation is 2. The van der Waals surface area contributed by atoms with Gasteiger partial charge in [-0.05, 0) is 70.3 Å². The molecule has 2 aromatic heterocycles. The van der Waals surface area contributed by atoms with Crippen LogP contribution in [-0.2, 0) is 11.2 Å². The first-order valence-electron chi connectivity index (χ1n) is 11.5. The summed E-state index contributed by atoms with van der Waals surface area (Å²) >= 11 is 6.60. The van der Waals surface area contributed by atoms with Crippen LogP contribution >= 0.6 is 11.6 Å². The molecule has 9 heteroatoms.